The highest BCUT2D eigenvalue weighted by Gasteiger charge is 2.48. The van der Waals surface area contributed by atoms with E-state index in [2.05, 4.69) is 81.5 Å². The van der Waals surface area contributed by atoms with Crippen LogP contribution in [0.1, 0.15) is 48.4 Å². The van der Waals surface area contributed by atoms with Gasteiger partial charge in [-0.05, 0) is 145 Å². The molecule has 5 heteroatoms. The quantitative estimate of drug-likeness (QED) is 0.163. The van der Waals surface area contributed by atoms with E-state index < -0.39 is 33.7 Å². The maximum absolute atomic E-state index is 9.07. The van der Waals surface area contributed by atoms with Gasteiger partial charge >= 0.3 is 5.84 Å². The second-order valence-electron chi connectivity index (χ2n) is 17.7. The number of rotatable bonds is 2. The van der Waals surface area contributed by atoms with Crippen LogP contribution >= 0.6 is 0 Å². The van der Waals surface area contributed by atoms with Gasteiger partial charge in [0.15, 0.2) is 5.58 Å². The van der Waals surface area contributed by atoms with E-state index >= 15 is 0 Å². The Labute approximate surface area is 375 Å². The number of nitrogens with zero attached hydrogens (tertiary/aromatic N) is 2. The minimum Gasteiger partial charge on any atom is -0.457 e. The maximum atomic E-state index is 9.07. The minimum absolute atomic E-state index is 0.0694. The molecule has 0 radical (unpaired) electrons. The van der Waals surface area contributed by atoms with Gasteiger partial charge in [0.1, 0.15) is 11.5 Å². The van der Waals surface area contributed by atoms with Crippen molar-refractivity contribution in [3.8, 4) is 78.3 Å². The van der Waals surface area contributed by atoms with Crippen molar-refractivity contribution in [2.24, 2.45) is 0 Å². The molecule has 0 fully saturated rings. The zero-order valence-electron chi connectivity index (χ0n) is 43.6. The number of imidazole rings is 1. The summed E-state index contributed by atoms with van der Waals surface area (Å²) in [4.78, 5) is 4.71. The summed E-state index contributed by atoms with van der Waals surface area (Å²) in [5.41, 5.74) is 12.4. The van der Waals surface area contributed by atoms with Crippen molar-refractivity contribution < 1.29 is 21.5 Å². The Kier molecular flexibility index (Phi) is 6.00. The summed E-state index contributed by atoms with van der Waals surface area (Å²) in [7, 11) is -2.91. The summed E-state index contributed by atoms with van der Waals surface area (Å²) in [6, 6.07) is 48.8. The van der Waals surface area contributed by atoms with Gasteiger partial charge in [0, 0.05) is 23.5 Å². The topological polar surface area (TPSA) is 39.7 Å². The average Bonchev–Trinajstić information content (AvgIpc) is 3.86. The van der Waals surface area contributed by atoms with Crippen LogP contribution in [0.2, 0.25) is 13.1 Å². The Bertz CT molecular complexity index is 3890. The van der Waals surface area contributed by atoms with Crippen LogP contribution < -0.4 is 9.92 Å². The number of aromatic nitrogens is 2. The summed E-state index contributed by atoms with van der Waals surface area (Å²) in [6.45, 7) is 0.624. The van der Waals surface area contributed by atoms with E-state index in [-0.39, 0.29) is 45.0 Å². The third-order valence-electron chi connectivity index (χ3n) is 14.0. The number of oxazole rings is 1. The molecule has 0 spiro atoms. The fourth-order valence-electron chi connectivity index (χ4n) is 10.1. The van der Waals surface area contributed by atoms with Crippen molar-refractivity contribution in [2.45, 2.75) is 52.5 Å². The first kappa shape index (κ1) is 28.6. The van der Waals surface area contributed by atoms with E-state index in [9.17, 15) is 0 Å². The highest BCUT2D eigenvalue weighted by atomic mass is 28.3. The molecule has 0 unspecified atom stereocenters. The molecule has 1 aliphatic carbocycles. The van der Waals surface area contributed by atoms with Crippen LogP contribution in [0.4, 0.5) is 0 Å². The molecule has 3 heterocycles. The predicted octanol–water partition coefficient (Wildman–Crippen LogP) is 15.0. The van der Waals surface area contributed by atoms with E-state index in [1.807, 2.05) is 71.1 Å². The summed E-state index contributed by atoms with van der Waals surface area (Å²) >= 11 is 0. The van der Waals surface area contributed by atoms with E-state index in [4.69, 9.17) is 26.5 Å². The Morgan fingerprint density at radius 1 is 0.548 bits per heavy atom. The van der Waals surface area contributed by atoms with Gasteiger partial charge in [0.2, 0.25) is 0 Å². The average molecular weight is 828 g/mol. The van der Waals surface area contributed by atoms with Gasteiger partial charge in [-0.3, -0.25) is 4.40 Å². The lowest BCUT2D eigenvalue weighted by atomic mass is 9.80. The second-order valence-corrected chi connectivity index (χ2v) is 22.7. The maximum Gasteiger partial charge on any atom is 0.307 e. The number of hydrogen-bond donors (Lipinski definition) is 0. The van der Waals surface area contributed by atoms with Crippen molar-refractivity contribution in [1.29, 1.82) is 0 Å². The summed E-state index contributed by atoms with van der Waals surface area (Å²) in [6.07, 6.45) is 0. The number of hydrogen-bond acceptors (Lipinski definition) is 3. The molecule has 2 aromatic heterocycles. The molecule has 0 atom stereocenters. The van der Waals surface area contributed by atoms with Gasteiger partial charge in [-0.1, -0.05) is 142 Å². The smallest absolute Gasteiger partial charge is 0.307 e. The number of ether oxygens (including phenoxy) is 1. The van der Waals surface area contributed by atoms with Crippen LogP contribution in [0.15, 0.2) is 156 Å². The first-order valence-corrected chi connectivity index (χ1v) is 24.0. The molecule has 0 bridgehead atoms. The Hall–Kier alpha value is -6.95. The highest BCUT2D eigenvalue weighted by molar-refractivity contribution is 6.93. The van der Waals surface area contributed by atoms with E-state index in [1.165, 1.54) is 12.1 Å². The van der Waals surface area contributed by atoms with Crippen LogP contribution in [0.5, 0.6) is 11.5 Å². The summed E-state index contributed by atoms with van der Waals surface area (Å²) < 4.78 is 96.1. The Morgan fingerprint density at radius 2 is 1.13 bits per heavy atom. The molecule has 12 rings (SSSR count). The number of benzene rings is 8. The van der Waals surface area contributed by atoms with Crippen molar-refractivity contribution in [3.63, 3.8) is 0 Å². The lowest BCUT2D eigenvalue weighted by Crippen LogP contribution is -2.56. The normalized spacial score (nSPS) is 17.2. The first-order chi connectivity index (χ1) is 33.6. The molecule has 0 saturated carbocycles. The van der Waals surface area contributed by atoms with Crippen molar-refractivity contribution >= 4 is 41.2 Å². The molecule has 8 aromatic carbocycles. The van der Waals surface area contributed by atoms with Crippen LogP contribution in [0, 0.1) is 20.6 Å². The number of aryl methyl sites for hydroxylation is 3. The van der Waals surface area contributed by atoms with E-state index in [0.717, 1.165) is 55.2 Å². The summed E-state index contributed by atoms with van der Waals surface area (Å²) in [5.74, 6) is 0.852. The number of para-hydroxylation sites is 2. The fraction of sp³-hybridized carbons (Fsp3) is 0.140. The molecule has 0 saturated heterocycles. The second kappa shape index (κ2) is 13.0. The monoisotopic (exact) mass is 827 g/mol. The molecule has 2 aliphatic rings. The third-order valence-corrected chi connectivity index (χ3v) is 19.2. The molecular formula is C57H46N2O2Si. The highest BCUT2D eigenvalue weighted by Crippen LogP contribution is 2.52. The molecule has 62 heavy (non-hydrogen) atoms. The third kappa shape index (κ3) is 5.03. The minimum atomic E-state index is -2.91. The zero-order valence-corrected chi connectivity index (χ0v) is 35.6. The molecule has 1 aliphatic heterocycles. The molecule has 4 nitrogen and oxygen atoms in total. The molecule has 10 aromatic rings. The predicted molar refractivity (Wildman–Crippen MR) is 260 cm³/mol. The van der Waals surface area contributed by atoms with Crippen LogP contribution in [-0.2, 0) is 5.04 Å². The van der Waals surface area contributed by atoms with Crippen molar-refractivity contribution in [3.05, 3.63) is 174 Å². The SMILES string of the molecule is [2H]C([2H])([2H])c1cc2c(cc1-c1c(C([2H])([2H])[2H])ccc3c1oc1nc4ccccc4n13)C(C)(C)[Si](C)(C)c1ccc(C([2H])([2H])[2H])c(-c3ccc4c(c3)-c3ccccc3-c3ccccc3-c3ccccc3-4)c1O2. The lowest BCUT2D eigenvalue weighted by molar-refractivity contribution is 0.478. The van der Waals surface area contributed by atoms with Crippen molar-refractivity contribution in [2.75, 3.05) is 0 Å². The van der Waals surface area contributed by atoms with E-state index in [0.29, 0.717) is 33.5 Å². The molecule has 0 N–H and O–H groups in total. The van der Waals surface area contributed by atoms with Crippen LogP contribution in [0.25, 0.3) is 94.7 Å². The fourth-order valence-corrected chi connectivity index (χ4v) is 12.9. The van der Waals surface area contributed by atoms with Gasteiger partial charge in [-0.2, -0.15) is 4.98 Å². The van der Waals surface area contributed by atoms with Gasteiger partial charge in [0.25, 0.3) is 0 Å². The molecular weight excluding hydrogens is 773 g/mol. The Morgan fingerprint density at radius 3 is 1.79 bits per heavy atom. The van der Waals surface area contributed by atoms with Gasteiger partial charge in [0.05, 0.1) is 24.6 Å². The standard InChI is InChI=1S/C57H46N2O2Si/c1-33-25-29-51-55(52(33)36-26-27-43-41-20-11-10-18-39(41)37-16-8-9-17-38(37)40-19-12-13-21-42(40)45(43)31-36)60-50-30-35(3)44(32-46(50)57(4,5)62(51,6)7)53-34(2)24-28-49-54(53)61-56-58-47-22-14-15-23-48(47)59(49)56/h8-32H,1-7H3/i1D3,2D3,3D3. The van der Waals surface area contributed by atoms with Crippen LogP contribution in [-0.4, -0.2) is 17.5 Å². The molecule has 300 valence electrons. The number of fused-ring (bicyclic) bond motifs is 15. The summed E-state index contributed by atoms with van der Waals surface area (Å²) in [5, 5.41) is 0.132. The Balaban J connectivity index is 1.13. The van der Waals surface area contributed by atoms with Crippen molar-refractivity contribution in [1.82, 2.24) is 9.38 Å². The zero-order chi connectivity index (χ0) is 49.7. The molecule has 0 amide bonds. The largest absolute Gasteiger partial charge is 0.457 e. The first-order valence-electron chi connectivity index (χ1n) is 25.5. The van der Waals surface area contributed by atoms with Gasteiger partial charge < -0.3 is 9.15 Å². The van der Waals surface area contributed by atoms with Crippen LogP contribution in [0.3, 0.4) is 0 Å². The lowest BCUT2D eigenvalue weighted by Gasteiger charge is -2.40. The van der Waals surface area contributed by atoms with Gasteiger partial charge in [-0.15, -0.1) is 0 Å². The van der Waals surface area contributed by atoms with E-state index in [1.54, 1.807) is 18.2 Å². The van der Waals surface area contributed by atoms with Gasteiger partial charge in [-0.25, -0.2) is 0 Å².